The summed E-state index contributed by atoms with van der Waals surface area (Å²) in [5.41, 5.74) is 4.13. The zero-order valence-corrected chi connectivity index (χ0v) is 24.1. The second-order valence-electron chi connectivity index (χ2n) is 11.5. The van der Waals surface area contributed by atoms with E-state index in [0.717, 1.165) is 22.3 Å². The summed E-state index contributed by atoms with van der Waals surface area (Å²) in [5, 5.41) is 0. The van der Waals surface area contributed by atoms with Crippen LogP contribution in [0.15, 0.2) is 182 Å². The fraction of sp³-hybridized carbons (Fsp3) is 0.119. The van der Waals surface area contributed by atoms with Gasteiger partial charge in [-0.2, -0.15) is 0 Å². The minimum atomic E-state index is -1.05. The van der Waals surface area contributed by atoms with Gasteiger partial charge in [0.25, 0.3) is 0 Å². The number of carbonyl (C=O) groups is 1. The van der Waals surface area contributed by atoms with Crippen LogP contribution >= 0.6 is 0 Å². The molecule has 6 aromatic rings. The Morgan fingerprint density at radius 1 is 0.349 bits per heavy atom. The van der Waals surface area contributed by atoms with Crippen molar-refractivity contribution < 1.29 is 4.79 Å². The Balaban J connectivity index is 1.82. The van der Waals surface area contributed by atoms with E-state index < -0.39 is 16.2 Å². The van der Waals surface area contributed by atoms with E-state index in [9.17, 15) is 0 Å². The molecule has 208 valence electrons. The molecule has 0 atom stereocenters. The Labute approximate surface area is 254 Å². The third-order valence-electron chi connectivity index (χ3n) is 9.71. The molecule has 1 fully saturated rings. The molecule has 1 saturated carbocycles. The summed E-state index contributed by atoms with van der Waals surface area (Å²) in [4.78, 5) is 15.4. The van der Waals surface area contributed by atoms with Crippen molar-refractivity contribution in [3.05, 3.63) is 215 Å². The minimum absolute atomic E-state index is 0.236. The molecule has 0 aliphatic heterocycles. The van der Waals surface area contributed by atoms with Gasteiger partial charge in [-0.25, -0.2) is 0 Å². The Bertz CT molecular complexity index is 1680. The van der Waals surface area contributed by atoms with Crippen molar-refractivity contribution in [2.75, 3.05) is 0 Å². The van der Waals surface area contributed by atoms with Crippen molar-refractivity contribution >= 4 is 5.78 Å². The van der Waals surface area contributed by atoms with Crippen molar-refractivity contribution in [3.63, 3.8) is 0 Å². The van der Waals surface area contributed by atoms with E-state index in [-0.39, 0.29) is 5.78 Å². The molecule has 6 aromatic carbocycles. The zero-order chi connectivity index (χ0) is 29.2. The van der Waals surface area contributed by atoms with Crippen LogP contribution in [-0.4, -0.2) is 5.78 Å². The molecule has 43 heavy (non-hydrogen) atoms. The highest BCUT2D eigenvalue weighted by molar-refractivity contribution is 5.99. The van der Waals surface area contributed by atoms with Crippen molar-refractivity contribution in [1.82, 2.24) is 0 Å². The number of benzene rings is 6. The molecule has 0 amide bonds. The van der Waals surface area contributed by atoms with Gasteiger partial charge >= 0.3 is 0 Å². The SMILES string of the molecule is O=C1CCC(c2ccccc2)(c2ccccc2)C(c2ccccc2)(c2ccccc2)C1(c1ccccc1)c1ccccc1. The molecule has 1 nitrogen and oxygen atoms in total. The van der Waals surface area contributed by atoms with Gasteiger partial charge in [-0.1, -0.05) is 182 Å². The maximum atomic E-state index is 15.4. The second-order valence-corrected chi connectivity index (χ2v) is 11.5. The first-order valence-corrected chi connectivity index (χ1v) is 15.1. The van der Waals surface area contributed by atoms with E-state index >= 15 is 4.79 Å². The number of hydrogen-bond donors (Lipinski definition) is 0. The highest BCUT2D eigenvalue weighted by Gasteiger charge is 2.71. The van der Waals surface area contributed by atoms with Gasteiger partial charge in [-0.3, -0.25) is 4.79 Å². The molecule has 0 spiro atoms. The Morgan fingerprint density at radius 2 is 0.628 bits per heavy atom. The Morgan fingerprint density at radius 3 is 0.953 bits per heavy atom. The van der Waals surface area contributed by atoms with E-state index in [1.54, 1.807) is 0 Å². The van der Waals surface area contributed by atoms with Gasteiger partial charge in [0, 0.05) is 11.8 Å². The Kier molecular flexibility index (Phi) is 6.87. The highest BCUT2D eigenvalue weighted by Crippen LogP contribution is 2.68. The number of hydrogen-bond acceptors (Lipinski definition) is 1. The fourth-order valence-corrected chi connectivity index (χ4v) is 8.31. The lowest BCUT2D eigenvalue weighted by Crippen LogP contribution is -2.69. The molecule has 0 unspecified atom stereocenters. The summed E-state index contributed by atoms with van der Waals surface area (Å²) in [6.07, 6.45) is 1.11. The smallest absolute Gasteiger partial charge is 0.149 e. The van der Waals surface area contributed by atoms with E-state index in [2.05, 4.69) is 170 Å². The van der Waals surface area contributed by atoms with Crippen LogP contribution in [0.2, 0.25) is 0 Å². The summed E-state index contributed by atoms with van der Waals surface area (Å²) in [6, 6.07) is 64.5. The van der Waals surface area contributed by atoms with Gasteiger partial charge in [0.05, 0.1) is 10.8 Å². The number of rotatable bonds is 6. The van der Waals surface area contributed by atoms with Gasteiger partial charge < -0.3 is 0 Å². The van der Waals surface area contributed by atoms with Crippen LogP contribution < -0.4 is 0 Å². The summed E-state index contributed by atoms with van der Waals surface area (Å²) in [5.74, 6) is 0.236. The Hall–Kier alpha value is -5.01. The first-order valence-electron chi connectivity index (χ1n) is 15.1. The molecule has 7 rings (SSSR count). The number of carbonyl (C=O) groups excluding carboxylic acids is 1. The third kappa shape index (κ3) is 3.81. The molecule has 0 N–H and O–H groups in total. The van der Waals surface area contributed by atoms with Gasteiger partial charge in [-0.05, 0) is 39.8 Å². The summed E-state index contributed by atoms with van der Waals surface area (Å²) < 4.78 is 0. The fourth-order valence-electron chi connectivity index (χ4n) is 8.31. The van der Waals surface area contributed by atoms with Crippen molar-refractivity contribution in [2.45, 2.75) is 29.1 Å². The van der Waals surface area contributed by atoms with Crippen LogP contribution in [0.1, 0.15) is 46.2 Å². The maximum Gasteiger partial charge on any atom is 0.149 e. The van der Waals surface area contributed by atoms with Crippen LogP contribution in [0.3, 0.4) is 0 Å². The first kappa shape index (κ1) is 26.9. The lowest BCUT2D eigenvalue weighted by Gasteiger charge is -2.64. The van der Waals surface area contributed by atoms with E-state index in [0.29, 0.717) is 12.8 Å². The third-order valence-corrected chi connectivity index (χ3v) is 9.71. The van der Waals surface area contributed by atoms with Crippen molar-refractivity contribution in [3.8, 4) is 0 Å². The standard InChI is InChI=1S/C42H34O/c43-39-31-32-40(33-19-7-1-8-20-33,34-21-9-2-10-22-34)42(37-27-15-5-16-28-37,38-29-17-6-18-30-38)41(39,35-23-11-3-12-24-35)36-25-13-4-14-26-36/h1-30H,31-32H2. The summed E-state index contributed by atoms with van der Waals surface area (Å²) in [7, 11) is 0. The molecule has 0 radical (unpaired) electrons. The van der Waals surface area contributed by atoms with Crippen molar-refractivity contribution in [2.24, 2.45) is 0 Å². The second kappa shape index (κ2) is 11.0. The molecule has 0 aromatic heterocycles. The molecule has 1 heteroatoms. The average Bonchev–Trinajstić information content (AvgIpc) is 3.10. The van der Waals surface area contributed by atoms with Crippen LogP contribution in [0.4, 0.5) is 0 Å². The largest absolute Gasteiger partial charge is 0.298 e. The van der Waals surface area contributed by atoms with E-state index in [1.807, 2.05) is 12.1 Å². The van der Waals surface area contributed by atoms with Gasteiger partial charge in [-0.15, -0.1) is 0 Å². The quantitative estimate of drug-likeness (QED) is 0.200. The van der Waals surface area contributed by atoms with Gasteiger partial charge in [0.15, 0.2) is 0 Å². The normalized spacial score (nSPS) is 16.8. The zero-order valence-electron chi connectivity index (χ0n) is 24.1. The van der Waals surface area contributed by atoms with E-state index in [4.69, 9.17) is 0 Å². The molecule has 0 bridgehead atoms. The molecule has 1 aliphatic carbocycles. The monoisotopic (exact) mass is 554 g/mol. The lowest BCUT2D eigenvalue weighted by atomic mass is 9.35. The lowest BCUT2D eigenvalue weighted by molar-refractivity contribution is -0.129. The number of Topliss-reactive ketones (excluding diaryl/α,β-unsaturated/α-hetero) is 1. The van der Waals surface area contributed by atoms with Gasteiger partial charge in [0.2, 0.25) is 0 Å². The summed E-state index contributed by atoms with van der Waals surface area (Å²) >= 11 is 0. The average molecular weight is 555 g/mol. The van der Waals surface area contributed by atoms with Crippen LogP contribution in [0.25, 0.3) is 0 Å². The molecule has 0 heterocycles. The minimum Gasteiger partial charge on any atom is -0.298 e. The molecular weight excluding hydrogens is 520 g/mol. The first-order chi connectivity index (χ1) is 21.3. The van der Waals surface area contributed by atoms with Crippen LogP contribution in [-0.2, 0) is 21.0 Å². The van der Waals surface area contributed by atoms with Gasteiger partial charge in [0.1, 0.15) is 5.78 Å². The predicted octanol–water partition coefficient (Wildman–Crippen LogP) is 9.31. The maximum absolute atomic E-state index is 15.4. The molecule has 0 saturated heterocycles. The summed E-state index contributed by atoms with van der Waals surface area (Å²) in [6.45, 7) is 0. The molecular formula is C42H34O. The van der Waals surface area contributed by atoms with Crippen LogP contribution in [0.5, 0.6) is 0 Å². The highest BCUT2D eigenvalue weighted by atomic mass is 16.1. The van der Waals surface area contributed by atoms with Crippen LogP contribution in [0, 0.1) is 0 Å². The predicted molar refractivity (Wildman–Crippen MR) is 175 cm³/mol. The number of ketones is 1. The van der Waals surface area contributed by atoms with E-state index in [1.165, 1.54) is 11.1 Å². The molecule has 1 aliphatic rings. The van der Waals surface area contributed by atoms with Crippen molar-refractivity contribution in [1.29, 1.82) is 0 Å². The topological polar surface area (TPSA) is 17.1 Å².